The van der Waals surface area contributed by atoms with Gasteiger partial charge in [0.15, 0.2) is 0 Å². The van der Waals surface area contributed by atoms with Gasteiger partial charge in [0.2, 0.25) is 11.9 Å². The highest BCUT2D eigenvalue weighted by atomic mass is 16.2. The number of piperidine rings is 2. The van der Waals surface area contributed by atoms with Crippen molar-refractivity contribution in [2.45, 2.75) is 38.3 Å². The molecule has 0 unspecified atom stereocenters. The lowest BCUT2D eigenvalue weighted by molar-refractivity contribution is -0.139. The number of hydrogen-bond donors (Lipinski definition) is 0. The van der Waals surface area contributed by atoms with Gasteiger partial charge in [-0.3, -0.25) is 4.79 Å². The summed E-state index contributed by atoms with van der Waals surface area (Å²) in [5.74, 6) is 1.64. The first-order valence-electron chi connectivity index (χ1n) is 9.08. The Morgan fingerprint density at radius 1 is 1.12 bits per heavy atom. The molecule has 7 nitrogen and oxygen atoms in total. The fourth-order valence-electron chi connectivity index (χ4n) is 4.12. The lowest BCUT2D eigenvalue weighted by Crippen LogP contribution is -2.56. The van der Waals surface area contributed by atoms with Gasteiger partial charge in [0, 0.05) is 63.4 Å². The topological polar surface area (TPSA) is 67.2 Å². The number of aromatic nitrogens is 4. The number of fused-ring (bicyclic) bond motifs is 1. The molecule has 0 radical (unpaired) electrons. The molecule has 25 heavy (non-hydrogen) atoms. The minimum atomic E-state index is 0.316. The Kier molecular flexibility index (Phi) is 4.63. The Morgan fingerprint density at radius 3 is 2.80 bits per heavy atom. The van der Waals surface area contributed by atoms with Crippen molar-refractivity contribution in [3.63, 3.8) is 0 Å². The number of amides is 1. The molecule has 2 aromatic heterocycles. The van der Waals surface area contributed by atoms with Crippen LogP contribution in [0.4, 0.5) is 5.95 Å². The third-order valence-corrected chi connectivity index (χ3v) is 5.35. The number of rotatable bonds is 5. The summed E-state index contributed by atoms with van der Waals surface area (Å²) >= 11 is 0. The highest BCUT2D eigenvalue weighted by Gasteiger charge is 2.39. The van der Waals surface area contributed by atoms with Crippen LogP contribution < -0.4 is 4.90 Å². The molecule has 2 aliphatic rings. The molecule has 2 saturated heterocycles. The molecule has 0 aliphatic carbocycles. The van der Waals surface area contributed by atoms with Gasteiger partial charge >= 0.3 is 0 Å². The molecule has 2 fully saturated rings. The Labute approximate surface area is 147 Å². The third-order valence-electron chi connectivity index (χ3n) is 5.35. The van der Waals surface area contributed by atoms with Crippen LogP contribution in [0.5, 0.6) is 0 Å². The first-order valence-corrected chi connectivity index (χ1v) is 9.08. The van der Waals surface area contributed by atoms with Crippen molar-refractivity contribution < 1.29 is 4.79 Å². The maximum Gasteiger partial charge on any atom is 0.225 e. The fraction of sp³-hybridized carbons (Fsp3) is 0.556. The van der Waals surface area contributed by atoms with E-state index in [1.807, 2.05) is 18.6 Å². The predicted molar refractivity (Wildman–Crippen MR) is 93.9 cm³/mol. The zero-order valence-electron chi connectivity index (χ0n) is 14.4. The molecule has 0 aromatic carbocycles. The normalized spacial score (nSPS) is 23.6. The second-order valence-corrected chi connectivity index (χ2v) is 6.89. The summed E-state index contributed by atoms with van der Waals surface area (Å²) in [7, 11) is 0. The van der Waals surface area contributed by atoms with Crippen molar-refractivity contribution in [1.29, 1.82) is 0 Å². The van der Waals surface area contributed by atoms with Crippen molar-refractivity contribution in [1.82, 2.24) is 24.4 Å². The van der Waals surface area contributed by atoms with Crippen molar-refractivity contribution in [2.24, 2.45) is 5.92 Å². The molecular weight excluding hydrogens is 316 g/mol. The molecule has 7 heteroatoms. The number of aryl methyl sites for hydroxylation is 1. The van der Waals surface area contributed by atoms with Crippen LogP contribution in [-0.4, -0.2) is 56.0 Å². The van der Waals surface area contributed by atoms with Crippen LogP contribution in [0.15, 0.2) is 37.2 Å². The number of carbonyl (C=O) groups excluding carboxylic acids is 1. The van der Waals surface area contributed by atoms with Crippen molar-refractivity contribution in [2.75, 3.05) is 24.5 Å². The summed E-state index contributed by atoms with van der Waals surface area (Å²) < 4.78 is 2.07. The number of imidazole rings is 1. The molecule has 0 saturated carbocycles. The summed E-state index contributed by atoms with van der Waals surface area (Å²) in [6.45, 7) is 3.60. The summed E-state index contributed by atoms with van der Waals surface area (Å²) in [6.07, 6.45) is 12.8. The first kappa shape index (κ1) is 16.1. The van der Waals surface area contributed by atoms with Crippen LogP contribution in [0.1, 0.15) is 25.7 Å². The Balaban J connectivity index is 1.37. The quantitative estimate of drug-likeness (QED) is 0.827. The number of nitrogens with zero attached hydrogens (tertiary/aromatic N) is 6. The smallest absolute Gasteiger partial charge is 0.225 e. The van der Waals surface area contributed by atoms with E-state index in [2.05, 4.69) is 29.3 Å². The molecule has 0 N–H and O–H groups in total. The zero-order chi connectivity index (χ0) is 17.1. The van der Waals surface area contributed by atoms with E-state index < -0.39 is 0 Å². The van der Waals surface area contributed by atoms with Crippen molar-refractivity contribution in [3.8, 4) is 0 Å². The van der Waals surface area contributed by atoms with Gasteiger partial charge in [0.1, 0.15) is 0 Å². The average Bonchev–Trinajstić information content (AvgIpc) is 3.17. The second kappa shape index (κ2) is 7.21. The molecule has 0 bridgehead atoms. The van der Waals surface area contributed by atoms with Crippen LogP contribution in [-0.2, 0) is 11.3 Å². The van der Waals surface area contributed by atoms with Gasteiger partial charge in [0.05, 0.1) is 6.33 Å². The minimum Gasteiger partial charge on any atom is -0.340 e. The standard InChI is InChI=1S/C18H24N6O/c25-17-4-3-15-13-23(18-20-6-1-7-21-18)11-5-16(15)24(17)10-2-9-22-12-8-19-14-22/h1,6-8,12,14-16H,2-5,9-11,13H2/t15-,16+/m0/s1. The molecule has 1 amide bonds. The molecule has 0 spiro atoms. The van der Waals surface area contributed by atoms with Gasteiger partial charge in [-0.15, -0.1) is 0 Å². The van der Waals surface area contributed by atoms with E-state index in [1.54, 1.807) is 18.6 Å². The first-order chi connectivity index (χ1) is 12.3. The van der Waals surface area contributed by atoms with Gasteiger partial charge in [-0.25, -0.2) is 15.0 Å². The van der Waals surface area contributed by atoms with E-state index in [0.29, 0.717) is 24.3 Å². The molecule has 2 atom stereocenters. The number of hydrogen-bond acceptors (Lipinski definition) is 5. The lowest BCUT2D eigenvalue weighted by Gasteiger charge is -2.47. The molecule has 4 heterocycles. The van der Waals surface area contributed by atoms with E-state index in [4.69, 9.17) is 0 Å². The predicted octanol–water partition coefficient (Wildman–Crippen LogP) is 1.58. The molecule has 2 aliphatic heterocycles. The zero-order valence-corrected chi connectivity index (χ0v) is 14.4. The Morgan fingerprint density at radius 2 is 2.00 bits per heavy atom. The summed E-state index contributed by atoms with van der Waals surface area (Å²) in [6, 6.07) is 2.21. The SMILES string of the molecule is O=C1CC[C@H]2CN(c3ncccn3)CC[C@H]2N1CCCn1ccnc1. The highest BCUT2D eigenvalue weighted by molar-refractivity contribution is 5.77. The van der Waals surface area contributed by atoms with E-state index in [9.17, 15) is 4.79 Å². The van der Waals surface area contributed by atoms with E-state index >= 15 is 0 Å². The van der Waals surface area contributed by atoms with Crippen molar-refractivity contribution in [3.05, 3.63) is 37.2 Å². The molecule has 2 aromatic rings. The van der Waals surface area contributed by atoms with Crippen LogP contribution >= 0.6 is 0 Å². The average molecular weight is 340 g/mol. The van der Waals surface area contributed by atoms with Crippen molar-refractivity contribution >= 4 is 11.9 Å². The van der Waals surface area contributed by atoms with E-state index in [0.717, 1.165) is 51.4 Å². The van der Waals surface area contributed by atoms with Gasteiger partial charge < -0.3 is 14.4 Å². The monoisotopic (exact) mass is 340 g/mol. The highest BCUT2D eigenvalue weighted by Crippen LogP contribution is 2.32. The third kappa shape index (κ3) is 3.50. The van der Waals surface area contributed by atoms with Gasteiger partial charge in [0.25, 0.3) is 0 Å². The van der Waals surface area contributed by atoms with Crippen LogP contribution in [0, 0.1) is 5.92 Å². The summed E-state index contributed by atoms with van der Waals surface area (Å²) in [5, 5.41) is 0. The second-order valence-electron chi connectivity index (χ2n) is 6.89. The van der Waals surface area contributed by atoms with E-state index in [-0.39, 0.29) is 0 Å². The summed E-state index contributed by atoms with van der Waals surface area (Å²) in [5.41, 5.74) is 0. The van der Waals surface area contributed by atoms with Crippen LogP contribution in [0.25, 0.3) is 0 Å². The Bertz CT molecular complexity index is 689. The lowest BCUT2D eigenvalue weighted by atomic mass is 9.83. The van der Waals surface area contributed by atoms with Crippen LogP contribution in [0.2, 0.25) is 0 Å². The summed E-state index contributed by atoms with van der Waals surface area (Å²) in [4.78, 5) is 29.7. The molecular formula is C18H24N6O. The number of likely N-dealkylation sites (tertiary alicyclic amines) is 1. The number of anilines is 1. The largest absolute Gasteiger partial charge is 0.340 e. The molecule has 132 valence electrons. The van der Waals surface area contributed by atoms with E-state index in [1.165, 1.54) is 0 Å². The van der Waals surface area contributed by atoms with Gasteiger partial charge in [-0.1, -0.05) is 0 Å². The maximum absolute atomic E-state index is 12.5. The maximum atomic E-state index is 12.5. The van der Waals surface area contributed by atoms with Gasteiger partial charge in [-0.2, -0.15) is 0 Å². The molecule has 4 rings (SSSR count). The minimum absolute atomic E-state index is 0.316. The number of carbonyl (C=O) groups is 1. The van der Waals surface area contributed by atoms with Crippen LogP contribution in [0.3, 0.4) is 0 Å². The fourth-order valence-corrected chi connectivity index (χ4v) is 4.12. The Hall–Kier alpha value is -2.44. The van der Waals surface area contributed by atoms with Gasteiger partial charge in [-0.05, 0) is 31.2 Å².